The molecule has 6 nitrogen and oxygen atoms in total. The van der Waals surface area contributed by atoms with Gasteiger partial charge in [0.25, 0.3) is 0 Å². The second-order valence-corrected chi connectivity index (χ2v) is 9.09. The topological polar surface area (TPSA) is 60.9 Å². The van der Waals surface area contributed by atoms with Crippen molar-refractivity contribution in [1.29, 1.82) is 0 Å². The van der Waals surface area contributed by atoms with Gasteiger partial charge in [-0.1, -0.05) is 42.2 Å². The third-order valence-corrected chi connectivity index (χ3v) is 7.29. The van der Waals surface area contributed by atoms with Crippen molar-refractivity contribution in [3.63, 3.8) is 0 Å². The minimum atomic E-state index is -3.49. The van der Waals surface area contributed by atoms with Crippen LogP contribution in [0.5, 0.6) is 0 Å². The van der Waals surface area contributed by atoms with Crippen molar-refractivity contribution in [1.82, 2.24) is 14.1 Å². The zero-order valence-corrected chi connectivity index (χ0v) is 16.2. The van der Waals surface area contributed by atoms with Crippen molar-refractivity contribution >= 4 is 44.2 Å². The van der Waals surface area contributed by atoms with Crippen molar-refractivity contribution in [2.24, 2.45) is 0 Å². The van der Waals surface area contributed by atoms with Crippen LogP contribution in [-0.4, -0.2) is 78.8 Å². The molecule has 9 heteroatoms. The fourth-order valence-corrected chi connectivity index (χ4v) is 4.57. The lowest BCUT2D eigenvalue weighted by Gasteiger charge is -2.34. The number of carbonyl (C=O) groups excluding carboxylic acids is 1. The SMILES string of the molecule is CN(C)C(=S)SCC(=O)N1CCN(S(=O)(=O)c2ccccc2)CC1. The molecule has 0 aromatic heterocycles. The van der Waals surface area contributed by atoms with E-state index in [1.165, 1.54) is 16.1 Å². The molecule has 1 saturated heterocycles. The summed E-state index contributed by atoms with van der Waals surface area (Å²) in [5.74, 6) is 0.267. The van der Waals surface area contributed by atoms with Crippen LogP contribution >= 0.6 is 24.0 Å². The molecule has 1 aromatic rings. The van der Waals surface area contributed by atoms with Crippen LogP contribution in [0.4, 0.5) is 0 Å². The number of thioether (sulfide) groups is 1. The molecule has 1 aliphatic heterocycles. The summed E-state index contributed by atoms with van der Waals surface area (Å²) in [6.45, 7) is 1.43. The molecule has 2 rings (SSSR count). The number of hydrogen-bond donors (Lipinski definition) is 0. The Labute approximate surface area is 152 Å². The smallest absolute Gasteiger partial charge is 0.243 e. The third-order valence-electron chi connectivity index (χ3n) is 3.66. The molecule has 1 fully saturated rings. The quantitative estimate of drug-likeness (QED) is 0.721. The standard InChI is InChI=1S/C15H21N3O3S3/c1-16(2)15(22)23-12-14(19)17-8-10-18(11-9-17)24(20,21)13-6-4-3-5-7-13/h3-7H,8-12H2,1-2H3. The Bertz CT molecular complexity index is 684. The lowest BCUT2D eigenvalue weighted by atomic mass is 10.3. The van der Waals surface area contributed by atoms with Crippen LogP contribution in [0.25, 0.3) is 0 Å². The Hall–Kier alpha value is -1.16. The van der Waals surface area contributed by atoms with Gasteiger partial charge in [0.1, 0.15) is 4.32 Å². The summed E-state index contributed by atoms with van der Waals surface area (Å²) < 4.78 is 27.2. The minimum absolute atomic E-state index is 0.0130. The van der Waals surface area contributed by atoms with Gasteiger partial charge in [0.15, 0.2) is 0 Å². The second kappa shape index (κ2) is 8.28. The number of nitrogens with zero attached hydrogens (tertiary/aromatic N) is 3. The van der Waals surface area contributed by atoms with E-state index >= 15 is 0 Å². The Morgan fingerprint density at radius 1 is 1.17 bits per heavy atom. The maximum Gasteiger partial charge on any atom is 0.243 e. The number of piperazine rings is 1. The van der Waals surface area contributed by atoms with Crippen LogP contribution in [0.15, 0.2) is 35.2 Å². The van der Waals surface area contributed by atoms with Crippen molar-refractivity contribution in [2.75, 3.05) is 46.0 Å². The molecule has 132 valence electrons. The van der Waals surface area contributed by atoms with Crippen molar-refractivity contribution in [2.45, 2.75) is 4.90 Å². The average molecular weight is 388 g/mol. The van der Waals surface area contributed by atoms with Crippen LogP contribution < -0.4 is 0 Å². The molecule has 0 aliphatic carbocycles. The monoisotopic (exact) mass is 387 g/mol. The van der Waals surface area contributed by atoms with Gasteiger partial charge in [-0.2, -0.15) is 4.31 Å². The molecule has 1 amide bonds. The van der Waals surface area contributed by atoms with E-state index in [1.807, 2.05) is 14.1 Å². The van der Waals surface area contributed by atoms with Gasteiger partial charge in [0.2, 0.25) is 15.9 Å². The van der Waals surface area contributed by atoms with Crippen LogP contribution in [0.3, 0.4) is 0 Å². The molecule has 24 heavy (non-hydrogen) atoms. The van der Waals surface area contributed by atoms with E-state index in [2.05, 4.69) is 0 Å². The summed E-state index contributed by atoms with van der Waals surface area (Å²) in [4.78, 5) is 16.0. The van der Waals surface area contributed by atoms with Gasteiger partial charge in [-0.05, 0) is 12.1 Å². The van der Waals surface area contributed by atoms with Gasteiger partial charge in [-0.25, -0.2) is 8.42 Å². The Balaban J connectivity index is 1.89. The van der Waals surface area contributed by atoms with E-state index in [0.717, 1.165) is 0 Å². The van der Waals surface area contributed by atoms with Gasteiger partial charge in [0, 0.05) is 40.3 Å². The average Bonchev–Trinajstić information content (AvgIpc) is 2.60. The summed E-state index contributed by atoms with van der Waals surface area (Å²) in [7, 11) is 0.195. The summed E-state index contributed by atoms with van der Waals surface area (Å²) in [5, 5.41) is 0. The molecular formula is C15H21N3O3S3. The Morgan fingerprint density at radius 3 is 2.29 bits per heavy atom. The highest BCUT2D eigenvalue weighted by molar-refractivity contribution is 8.23. The van der Waals surface area contributed by atoms with E-state index in [1.54, 1.807) is 40.1 Å². The molecular weight excluding hydrogens is 366 g/mol. The number of sulfonamides is 1. The first-order valence-electron chi connectivity index (χ1n) is 7.49. The first kappa shape index (κ1) is 19.2. The van der Waals surface area contributed by atoms with Crippen molar-refractivity contribution in [3.8, 4) is 0 Å². The number of thiocarbonyl (C=S) groups is 1. The third kappa shape index (κ3) is 4.69. The van der Waals surface area contributed by atoms with Gasteiger partial charge in [0.05, 0.1) is 10.6 Å². The lowest BCUT2D eigenvalue weighted by molar-refractivity contribution is -0.129. The first-order valence-corrected chi connectivity index (χ1v) is 10.3. The molecule has 0 atom stereocenters. The van der Waals surface area contributed by atoms with Crippen LogP contribution in [0, 0.1) is 0 Å². The number of carbonyl (C=O) groups is 1. The zero-order chi connectivity index (χ0) is 17.7. The second-order valence-electron chi connectivity index (χ2n) is 5.55. The van der Waals surface area contributed by atoms with Gasteiger partial charge < -0.3 is 9.80 Å². The molecule has 0 saturated carbocycles. The van der Waals surface area contributed by atoms with Gasteiger partial charge in [-0.3, -0.25) is 4.79 Å². The summed E-state index contributed by atoms with van der Waals surface area (Å²) in [6, 6.07) is 8.37. The largest absolute Gasteiger partial charge is 0.364 e. The molecule has 1 aliphatic rings. The number of rotatable bonds is 4. The highest BCUT2D eigenvalue weighted by atomic mass is 32.2. The predicted octanol–water partition coefficient (Wildman–Crippen LogP) is 1.10. The first-order chi connectivity index (χ1) is 11.3. The maximum absolute atomic E-state index is 12.5. The highest BCUT2D eigenvalue weighted by Gasteiger charge is 2.29. The Kier molecular flexibility index (Phi) is 6.62. The summed E-state index contributed by atoms with van der Waals surface area (Å²) in [5.41, 5.74) is 0. The number of hydrogen-bond acceptors (Lipinski definition) is 5. The lowest BCUT2D eigenvalue weighted by Crippen LogP contribution is -2.51. The van der Waals surface area contributed by atoms with Crippen LogP contribution in [-0.2, 0) is 14.8 Å². The van der Waals surface area contributed by atoms with Crippen LogP contribution in [0.2, 0.25) is 0 Å². The predicted molar refractivity (Wildman–Crippen MR) is 101 cm³/mol. The van der Waals surface area contributed by atoms with Crippen molar-refractivity contribution < 1.29 is 13.2 Å². The Morgan fingerprint density at radius 2 is 1.75 bits per heavy atom. The van der Waals surface area contributed by atoms with E-state index < -0.39 is 10.0 Å². The summed E-state index contributed by atoms with van der Waals surface area (Å²) in [6.07, 6.45) is 0. The van der Waals surface area contributed by atoms with E-state index in [-0.39, 0.29) is 16.6 Å². The highest BCUT2D eigenvalue weighted by Crippen LogP contribution is 2.18. The maximum atomic E-state index is 12.5. The molecule has 0 N–H and O–H groups in total. The molecule has 0 radical (unpaired) electrons. The fraction of sp³-hybridized carbons (Fsp3) is 0.467. The molecule has 1 aromatic carbocycles. The van der Waals surface area contributed by atoms with Gasteiger partial charge >= 0.3 is 0 Å². The van der Waals surface area contributed by atoms with E-state index in [0.29, 0.717) is 30.5 Å². The minimum Gasteiger partial charge on any atom is -0.364 e. The number of amides is 1. The molecule has 0 bridgehead atoms. The zero-order valence-electron chi connectivity index (χ0n) is 13.7. The number of benzene rings is 1. The van der Waals surface area contributed by atoms with Gasteiger partial charge in [-0.15, -0.1) is 0 Å². The molecule has 0 spiro atoms. The molecule has 0 unspecified atom stereocenters. The van der Waals surface area contributed by atoms with E-state index in [9.17, 15) is 13.2 Å². The van der Waals surface area contributed by atoms with Crippen molar-refractivity contribution in [3.05, 3.63) is 30.3 Å². The fourth-order valence-electron chi connectivity index (χ4n) is 2.26. The van der Waals surface area contributed by atoms with Crippen LogP contribution in [0.1, 0.15) is 0 Å². The summed E-state index contributed by atoms with van der Waals surface area (Å²) >= 11 is 6.47. The molecule has 1 heterocycles. The normalized spacial score (nSPS) is 16.0. The van der Waals surface area contributed by atoms with E-state index in [4.69, 9.17) is 12.2 Å².